The predicted molar refractivity (Wildman–Crippen MR) is 329 cm³/mol. The van der Waals surface area contributed by atoms with Crippen molar-refractivity contribution in [2.75, 3.05) is 9.80 Å². The van der Waals surface area contributed by atoms with Crippen LogP contribution in [0.2, 0.25) is 0 Å². The lowest BCUT2D eigenvalue weighted by Gasteiger charge is -2.43. The Labute approximate surface area is 451 Å². The summed E-state index contributed by atoms with van der Waals surface area (Å²) in [6.07, 6.45) is 7.19. The molecule has 0 saturated heterocycles. The van der Waals surface area contributed by atoms with E-state index in [2.05, 4.69) is 270 Å². The van der Waals surface area contributed by atoms with Crippen LogP contribution in [0.3, 0.4) is 0 Å². The maximum atomic E-state index is 2.71. The SMILES string of the molecule is CC(C)(C)c1ccc(N(c2ccc(C(C)(C)C)cc2)c2ccc3c(c2)N(c2ccc(C(C)(C)C)cc2-c2ccccc2)c2cc(C(C)(C)C)cc4c2B3c2cc(C(C)(C)C)cc3c5c6c(sc5n-4c23)=CCCC=6)cc1. The summed E-state index contributed by atoms with van der Waals surface area (Å²) in [5, 5.41) is 4.23. The molecule has 9 aromatic rings. The zero-order valence-electron chi connectivity index (χ0n) is 47.2. The second-order valence-electron chi connectivity index (χ2n) is 27.1. The molecular formula is C70H74BN3S. The number of hydrogen-bond donors (Lipinski definition) is 0. The second-order valence-corrected chi connectivity index (χ2v) is 28.1. The Kier molecular flexibility index (Phi) is 11.2. The van der Waals surface area contributed by atoms with Gasteiger partial charge in [-0.15, -0.1) is 11.3 Å². The first-order valence-corrected chi connectivity index (χ1v) is 28.3. The first kappa shape index (κ1) is 49.3. The standard InChI is InChI=1S/C70H74BN3S/c1-66(2,3)44-25-30-49(31-26-44)72(50-32-27-45(28-33-50)67(4,5)6)51-34-35-55-58(42-51)73(57-36-29-46(68(7,8)9)37-53(57)43-21-17-16-18-22-43)59-40-48(70(13,14)15)41-60-63(59)71(55)56-39-47(69(10,11)12)38-54-62-52-23-19-20-24-61(52)75-65(62)74(60)64(54)56/h16-18,21-42H,19-20H2,1-15H3. The molecule has 7 aromatic carbocycles. The molecule has 3 aliphatic rings. The first-order valence-electron chi connectivity index (χ1n) is 27.5. The summed E-state index contributed by atoms with van der Waals surface area (Å²) < 4.78 is 4.13. The molecule has 0 bridgehead atoms. The minimum atomic E-state index is -0.138. The monoisotopic (exact) mass is 1000 g/mol. The van der Waals surface area contributed by atoms with Crippen LogP contribution in [0.5, 0.6) is 0 Å². The summed E-state index contributed by atoms with van der Waals surface area (Å²) in [6, 6.07) is 54.8. The Bertz CT molecular complexity index is 3830. The lowest BCUT2D eigenvalue weighted by Crippen LogP contribution is -2.60. The Hall–Kier alpha value is -6.56. The maximum Gasteiger partial charge on any atom is 0.252 e. The lowest BCUT2D eigenvalue weighted by molar-refractivity contribution is 0.589. The molecule has 75 heavy (non-hydrogen) atoms. The third-order valence-corrected chi connectivity index (χ3v) is 17.8. The van der Waals surface area contributed by atoms with Crippen LogP contribution in [0.25, 0.3) is 50.1 Å². The quantitative estimate of drug-likeness (QED) is 0.159. The molecule has 0 fully saturated rings. The van der Waals surface area contributed by atoms with Gasteiger partial charge in [-0.3, -0.25) is 0 Å². The van der Waals surface area contributed by atoms with Crippen LogP contribution >= 0.6 is 11.3 Å². The molecule has 2 aliphatic heterocycles. The second kappa shape index (κ2) is 17.0. The summed E-state index contributed by atoms with van der Waals surface area (Å²) >= 11 is 1.99. The molecule has 2 aromatic heterocycles. The van der Waals surface area contributed by atoms with Gasteiger partial charge >= 0.3 is 0 Å². The van der Waals surface area contributed by atoms with Crippen molar-refractivity contribution in [1.29, 1.82) is 0 Å². The summed E-state index contributed by atoms with van der Waals surface area (Å²) in [5.74, 6) is 0. The molecule has 3 nitrogen and oxygen atoms in total. The minimum absolute atomic E-state index is 0.0170. The van der Waals surface area contributed by atoms with Crippen LogP contribution in [-0.2, 0) is 27.1 Å². The zero-order valence-corrected chi connectivity index (χ0v) is 48.0. The highest BCUT2D eigenvalue weighted by Crippen LogP contribution is 2.49. The zero-order chi connectivity index (χ0) is 52.9. The van der Waals surface area contributed by atoms with E-state index >= 15 is 0 Å². The van der Waals surface area contributed by atoms with Crippen molar-refractivity contribution < 1.29 is 0 Å². The van der Waals surface area contributed by atoms with Gasteiger partial charge in [-0.05, 0) is 162 Å². The van der Waals surface area contributed by atoms with Crippen LogP contribution in [0, 0.1) is 0 Å². The third-order valence-electron chi connectivity index (χ3n) is 16.6. The fraction of sp³-hybridized carbons (Fsp3) is 0.314. The van der Waals surface area contributed by atoms with Crippen LogP contribution < -0.4 is 35.9 Å². The molecular weight excluding hydrogens is 926 g/mol. The molecule has 12 rings (SSSR count). The van der Waals surface area contributed by atoms with Gasteiger partial charge in [0.2, 0.25) is 0 Å². The van der Waals surface area contributed by atoms with Gasteiger partial charge in [-0.25, -0.2) is 0 Å². The van der Waals surface area contributed by atoms with E-state index in [9.17, 15) is 0 Å². The highest BCUT2D eigenvalue weighted by atomic mass is 32.1. The minimum Gasteiger partial charge on any atom is -0.311 e. The molecule has 5 heteroatoms. The number of fused-ring (bicyclic) bond motifs is 9. The van der Waals surface area contributed by atoms with Crippen molar-refractivity contribution in [3.05, 3.63) is 177 Å². The Balaban J connectivity index is 1.23. The molecule has 0 radical (unpaired) electrons. The van der Waals surface area contributed by atoms with Crippen LogP contribution in [0.4, 0.5) is 34.1 Å². The van der Waals surface area contributed by atoms with Crippen LogP contribution in [0.1, 0.15) is 145 Å². The fourth-order valence-corrected chi connectivity index (χ4v) is 13.5. The third kappa shape index (κ3) is 8.13. The summed E-state index contributed by atoms with van der Waals surface area (Å²) in [4.78, 5) is 6.53. The van der Waals surface area contributed by atoms with Gasteiger partial charge in [0.05, 0.1) is 11.2 Å². The first-order chi connectivity index (χ1) is 35.4. The smallest absolute Gasteiger partial charge is 0.252 e. The van der Waals surface area contributed by atoms with Gasteiger partial charge in [0, 0.05) is 55.0 Å². The van der Waals surface area contributed by atoms with Crippen LogP contribution in [0.15, 0.2) is 140 Å². The molecule has 0 atom stereocenters. The summed E-state index contributed by atoms with van der Waals surface area (Å²) in [6.45, 7) is 35.1. The van der Waals surface area contributed by atoms with E-state index in [0.29, 0.717) is 0 Å². The molecule has 0 amide bonds. The average Bonchev–Trinajstić information content (AvgIpc) is 3.97. The topological polar surface area (TPSA) is 11.4 Å². The largest absolute Gasteiger partial charge is 0.311 e. The Morgan fingerprint density at radius 3 is 1.60 bits per heavy atom. The maximum absolute atomic E-state index is 2.71. The normalized spacial score (nSPS) is 14.4. The van der Waals surface area contributed by atoms with E-state index in [1.807, 2.05) is 11.3 Å². The van der Waals surface area contributed by atoms with Gasteiger partial charge in [0.25, 0.3) is 6.71 Å². The average molecular weight is 1000 g/mol. The molecule has 1 aliphatic carbocycles. The highest BCUT2D eigenvalue weighted by molar-refractivity contribution is 7.17. The molecule has 0 unspecified atom stereocenters. The van der Waals surface area contributed by atoms with E-state index in [4.69, 9.17) is 0 Å². The molecule has 0 saturated carbocycles. The predicted octanol–water partition coefficient (Wildman–Crippen LogP) is 16.4. The number of hydrogen-bond acceptors (Lipinski definition) is 3. The molecule has 0 spiro atoms. The van der Waals surface area contributed by atoms with Gasteiger partial charge in [0.15, 0.2) is 0 Å². The molecule has 378 valence electrons. The number of nitrogens with zero attached hydrogens (tertiary/aromatic N) is 3. The number of anilines is 6. The number of thiophene rings is 1. The van der Waals surface area contributed by atoms with Crippen LogP contribution in [-0.4, -0.2) is 11.3 Å². The van der Waals surface area contributed by atoms with E-state index < -0.39 is 0 Å². The van der Waals surface area contributed by atoms with E-state index in [-0.39, 0.29) is 33.8 Å². The van der Waals surface area contributed by atoms with E-state index in [1.54, 1.807) is 0 Å². The fourth-order valence-electron chi connectivity index (χ4n) is 12.2. The van der Waals surface area contributed by atoms with Crippen molar-refractivity contribution in [2.24, 2.45) is 0 Å². The summed E-state index contributed by atoms with van der Waals surface area (Å²) in [7, 11) is 0. The number of aromatic nitrogens is 1. The van der Waals surface area contributed by atoms with Crippen molar-refractivity contribution in [3.8, 4) is 16.8 Å². The van der Waals surface area contributed by atoms with Gasteiger partial charge < -0.3 is 14.4 Å². The van der Waals surface area contributed by atoms with Gasteiger partial charge in [0.1, 0.15) is 4.83 Å². The molecule has 0 N–H and O–H groups in total. The van der Waals surface area contributed by atoms with Gasteiger partial charge in [-0.2, -0.15) is 0 Å². The van der Waals surface area contributed by atoms with E-state index in [1.165, 1.54) is 109 Å². The van der Waals surface area contributed by atoms with Crippen molar-refractivity contribution in [2.45, 2.75) is 144 Å². The highest BCUT2D eigenvalue weighted by Gasteiger charge is 2.45. The summed E-state index contributed by atoms with van der Waals surface area (Å²) in [5.41, 5.74) is 22.7. The van der Waals surface area contributed by atoms with Crippen molar-refractivity contribution in [3.63, 3.8) is 0 Å². The Morgan fingerprint density at radius 2 is 1.00 bits per heavy atom. The number of benzene rings is 7. The Morgan fingerprint density at radius 1 is 0.453 bits per heavy atom. The lowest BCUT2D eigenvalue weighted by atomic mass is 9.33. The van der Waals surface area contributed by atoms with Crippen molar-refractivity contribution in [1.82, 2.24) is 4.57 Å². The number of rotatable bonds is 5. The van der Waals surface area contributed by atoms with Gasteiger partial charge in [-0.1, -0.05) is 189 Å². The molecule has 4 heterocycles. The van der Waals surface area contributed by atoms with Crippen molar-refractivity contribution >= 4 is 102 Å². The van der Waals surface area contributed by atoms with E-state index in [0.717, 1.165) is 29.9 Å².